The van der Waals surface area contributed by atoms with Crippen molar-refractivity contribution in [3.63, 3.8) is 0 Å². The van der Waals surface area contributed by atoms with Crippen LogP contribution < -0.4 is 5.32 Å². The number of alkyl halides is 1. The van der Waals surface area contributed by atoms with E-state index in [0.717, 1.165) is 31.0 Å². The van der Waals surface area contributed by atoms with E-state index < -0.39 is 0 Å². The maximum atomic E-state index is 12.2. The zero-order valence-electron chi connectivity index (χ0n) is 9.44. The van der Waals surface area contributed by atoms with E-state index in [1.54, 1.807) is 0 Å². The topological polar surface area (TPSA) is 29.1 Å². The Labute approximate surface area is 100 Å². The molecule has 0 aromatic carbocycles. The van der Waals surface area contributed by atoms with Gasteiger partial charge in [-0.1, -0.05) is 35.7 Å². The fourth-order valence-electron chi connectivity index (χ4n) is 2.67. The first-order valence-corrected chi connectivity index (χ1v) is 7.11. The van der Waals surface area contributed by atoms with E-state index in [0.29, 0.717) is 5.91 Å². The van der Waals surface area contributed by atoms with Gasteiger partial charge in [-0.25, -0.2) is 0 Å². The summed E-state index contributed by atoms with van der Waals surface area (Å²) in [7, 11) is 0. The van der Waals surface area contributed by atoms with E-state index in [9.17, 15) is 4.79 Å². The monoisotopic (exact) mass is 273 g/mol. The molecule has 0 spiro atoms. The lowest BCUT2D eigenvalue weighted by atomic mass is 9.77. The van der Waals surface area contributed by atoms with E-state index in [4.69, 9.17) is 0 Å². The summed E-state index contributed by atoms with van der Waals surface area (Å²) in [5.41, 5.74) is 0.00738. The number of hydrogen-bond donors (Lipinski definition) is 1. The van der Waals surface area contributed by atoms with Crippen LogP contribution >= 0.6 is 15.9 Å². The van der Waals surface area contributed by atoms with Crippen molar-refractivity contribution in [2.24, 2.45) is 5.41 Å². The molecule has 0 aliphatic heterocycles. The number of nitrogens with one attached hydrogen (secondary N) is 1. The molecule has 2 nitrogen and oxygen atoms in total. The summed E-state index contributed by atoms with van der Waals surface area (Å²) in [5, 5.41) is 4.18. The molecule has 2 fully saturated rings. The van der Waals surface area contributed by atoms with E-state index in [-0.39, 0.29) is 11.0 Å². The molecule has 0 unspecified atom stereocenters. The lowest BCUT2D eigenvalue weighted by molar-refractivity contribution is -0.132. The van der Waals surface area contributed by atoms with Crippen LogP contribution in [0, 0.1) is 5.41 Å². The van der Waals surface area contributed by atoms with Crippen molar-refractivity contribution in [1.82, 2.24) is 5.32 Å². The van der Waals surface area contributed by atoms with Gasteiger partial charge in [0.2, 0.25) is 5.91 Å². The van der Waals surface area contributed by atoms with Crippen molar-refractivity contribution in [1.29, 1.82) is 0 Å². The van der Waals surface area contributed by atoms with Crippen LogP contribution in [0.4, 0.5) is 0 Å². The average Bonchev–Trinajstić information content (AvgIpc) is 2.60. The minimum atomic E-state index is -0.0786. The Morgan fingerprint density at radius 2 is 1.80 bits per heavy atom. The molecule has 0 aromatic heterocycles. The fourth-order valence-corrected chi connectivity index (χ4v) is 3.37. The third-order valence-electron chi connectivity index (χ3n) is 4.20. The van der Waals surface area contributed by atoms with Crippen molar-refractivity contribution in [2.45, 2.75) is 57.4 Å². The molecule has 1 amide bonds. The third-order valence-corrected chi connectivity index (χ3v) is 5.27. The molecule has 0 radical (unpaired) electrons. The first-order chi connectivity index (χ1) is 7.10. The molecule has 2 aliphatic carbocycles. The minimum absolute atomic E-state index is 0.0786. The molecule has 3 heteroatoms. The van der Waals surface area contributed by atoms with E-state index in [2.05, 4.69) is 28.2 Å². The Hall–Kier alpha value is -0.0500. The Kier molecular flexibility index (Phi) is 3.11. The van der Waals surface area contributed by atoms with Gasteiger partial charge < -0.3 is 5.32 Å². The van der Waals surface area contributed by atoms with Crippen LogP contribution in [0.1, 0.15) is 51.9 Å². The molecule has 2 aliphatic rings. The van der Waals surface area contributed by atoms with Crippen LogP contribution in [0.25, 0.3) is 0 Å². The third kappa shape index (κ3) is 2.08. The molecule has 0 atom stereocenters. The molecule has 0 heterocycles. The van der Waals surface area contributed by atoms with Crippen molar-refractivity contribution < 1.29 is 4.79 Å². The lowest BCUT2D eigenvalue weighted by Crippen LogP contribution is -2.57. The number of halogens is 1. The van der Waals surface area contributed by atoms with Crippen molar-refractivity contribution >= 4 is 21.8 Å². The molecule has 1 N–H and O–H groups in total. The minimum Gasteiger partial charge on any atom is -0.349 e. The summed E-state index contributed by atoms with van der Waals surface area (Å²) in [4.78, 5) is 12.2. The standard InChI is InChI=1S/C12H20BrNO/c1-11(5-2-3-6-11)10(15)14-12(9-13)7-4-8-12/h2-9H2,1H3,(H,14,15). The second-order valence-electron chi connectivity index (χ2n) is 5.49. The fraction of sp³-hybridized carbons (Fsp3) is 0.917. The van der Waals surface area contributed by atoms with Crippen molar-refractivity contribution in [3.05, 3.63) is 0 Å². The average molecular weight is 274 g/mol. The van der Waals surface area contributed by atoms with Crippen LogP contribution in [-0.4, -0.2) is 16.8 Å². The first kappa shape index (κ1) is 11.4. The summed E-state index contributed by atoms with van der Waals surface area (Å²) in [6, 6.07) is 0. The van der Waals surface area contributed by atoms with Crippen LogP contribution in [-0.2, 0) is 4.79 Å². The second-order valence-corrected chi connectivity index (χ2v) is 6.05. The summed E-state index contributed by atoms with van der Waals surface area (Å²) in [6.45, 7) is 2.12. The molecule has 0 saturated heterocycles. The van der Waals surface area contributed by atoms with Gasteiger partial charge in [0, 0.05) is 16.3 Å². The molecule has 0 aromatic rings. The van der Waals surface area contributed by atoms with Gasteiger partial charge in [0.1, 0.15) is 0 Å². The van der Waals surface area contributed by atoms with E-state index in [1.807, 2.05) is 0 Å². The largest absolute Gasteiger partial charge is 0.349 e. The number of amides is 1. The predicted octanol–water partition coefficient (Wildman–Crippen LogP) is 3.00. The highest BCUT2D eigenvalue weighted by Gasteiger charge is 2.43. The van der Waals surface area contributed by atoms with Gasteiger partial charge in [-0.05, 0) is 32.1 Å². The van der Waals surface area contributed by atoms with Crippen molar-refractivity contribution in [3.8, 4) is 0 Å². The Morgan fingerprint density at radius 1 is 1.20 bits per heavy atom. The summed E-state index contributed by atoms with van der Waals surface area (Å²) in [6.07, 6.45) is 8.09. The SMILES string of the molecule is CC1(C(=O)NC2(CBr)CCC2)CCCC1. The van der Waals surface area contributed by atoms with E-state index in [1.165, 1.54) is 19.3 Å². The summed E-state index contributed by atoms with van der Waals surface area (Å²) in [5.74, 6) is 0.291. The van der Waals surface area contributed by atoms with Gasteiger partial charge in [0.15, 0.2) is 0 Å². The molecule has 86 valence electrons. The van der Waals surface area contributed by atoms with Gasteiger partial charge in [-0.15, -0.1) is 0 Å². The van der Waals surface area contributed by atoms with Crippen molar-refractivity contribution in [2.75, 3.05) is 5.33 Å². The summed E-state index contributed by atoms with van der Waals surface area (Å²) >= 11 is 3.52. The molecule has 15 heavy (non-hydrogen) atoms. The second kappa shape index (κ2) is 4.08. The smallest absolute Gasteiger partial charge is 0.226 e. The molecule has 2 saturated carbocycles. The summed E-state index contributed by atoms with van der Waals surface area (Å²) < 4.78 is 0. The number of hydrogen-bond acceptors (Lipinski definition) is 1. The molecule has 2 rings (SSSR count). The van der Waals surface area contributed by atoms with Gasteiger partial charge in [0.25, 0.3) is 0 Å². The molecular weight excluding hydrogens is 254 g/mol. The molecular formula is C12H20BrNO. The highest BCUT2D eigenvalue weighted by Crippen LogP contribution is 2.40. The number of carbonyl (C=O) groups is 1. The van der Waals surface area contributed by atoms with Gasteiger partial charge in [-0.2, -0.15) is 0 Å². The Morgan fingerprint density at radius 3 is 2.20 bits per heavy atom. The zero-order chi connectivity index (χ0) is 10.9. The van der Waals surface area contributed by atoms with Gasteiger partial charge in [0.05, 0.1) is 0 Å². The zero-order valence-corrected chi connectivity index (χ0v) is 11.0. The number of carbonyl (C=O) groups excluding carboxylic acids is 1. The Bertz CT molecular complexity index is 249. The predicted molar refractivity (Wildman–Crippen MR) is 65.1 cm³/mol. The number of rotatable bonds is 3. The van der Waals surface area contributed by atoms with Gasteiger partial charge in [-0.3, -0.25) is 4.79 Å². The van der Waals surface area contributed by atoms with Crippen LogP contribution in [0.3, 0.4) is 0 Å². The lowest BCUT2D eigenvalue weighted by Gasteiger charge is -2.43. The van der Waals surface area contributed by atoms with E-state index >= 15 is 0 Å². The first-order valence-electron chi connectivity index (χ1n) is 5.99. The molecule has 0 bridgehead atoms. The van der Waals surface area contributed by atoms with Gasteiger partial charge >= 0.3 is 0 Å². The Balaban J connectivity index is 1.96. The maximum absolute atomic E-state index is 12.2. The van der Waals surface area contributed by atoms with Crippen LogP contribution in [0.5, 0.6) is 0 Å². The highest BCUT2D eigenvalue weighted by atomic mass is 79.9. The maximum Gasteiger partial charge on any atom is 0.226 e. The van der Waals surface area contributed by atoms with Crippen LogP contribution in [0.2, 0.25) is 0 Å². The van der Waals surface area contributed by atoms with Crippen LogP contribution in [0.15, 0.2) is 0 Å². The highest BCUT2D eigenvalue weighted by molar-refractivity contribution is 9.09. The quantitative estimate of drug-likeness (QED) is 0.787. The normalized spacial score (nSPS) is 27.1.